The van der Waals surface area contributed by atoms with Crippen molar-refractivity contribution in [2.75, 3.05) is 0 Å². The van der Waals surface area contributed by atoms with Gasteiger partial charge in [-0.15, -0.1) is 6.58 Å². The van der Waals surface area contributed by atoms with E-state index in [0.717, 1.165) is 6.42 Å². The summed E-state index contributed by atoms with van der Waals surface area (Å²) in [7, 11) is 0. The van der Waals surface area contributed by atoms with E-state index in [4.69, 9.17) is 0 Å². The van der Waals surface area contributed by atoms with Gasteiger partial charge in [0.1, 0.15) is 0 Å². The van der Waals surface area contributed by atoms with Gasteiger partial charge in [-0.3, -0.25) is 0 Å². The molecule has 0 aromatic heterocycles. The Morgan fingerprint density at radius 2 is 1.96 bits per heavy atom. The highest BCUT2D eigenvalue weighted by Gasteiger charge is 2.32. The van der Waals surface area contributed by atoms with E-state index in [-0.39, 0.29) is 0 Å². The number of aryl methyl sites for hydroxylation is 1. The fourth-order valence-corrected chi connectivity index (χ4v) is 4.61. The van der Waals surface area contributed by atoms with Gasteiger partial charge in [-0.25, -0.2) is 0 Å². The average molecular weight is 335 g/mol. The average Bonchev–Trinajstić information content (AvgIpc) is 2.57. The molecular weight excluding hydrogens is 300 g/mol. The Hall–Kier alpha value is -1.56. The number of unbranched alkanes of at least 4 members (excludes halogenated alkanes) is 3. The summed E-state index contributed by atoms with van der Waals surface area (Å²) >= 11 is 0. The van der Waals surface area contributed by atoms with Crippen LogP contribution in [-0.2, 0) is 12.8 Å². The number of allylic oxidation sites excluding steroid dienone is 4. The summed E-state index contributed by atoms with van der Waals surface area (Å²) in [5, 5.41) is 0. The van der Waals surface area contributed by atoms with Crippen LogP contribution >= 0.6 is 0 Å². The summed E-state index contributed by atoms with van der Waals surface area (Å²) in [6.07, 6.45) is 13.8. The molecule has 0 saturated heterocycles. The lowest BCUT2D eigenvalue weighted by molar-refractivity contribution is 0.458. The second-order valence-corrected chi connectivity index (χ2v) is 8.42. The molecule has 1 aromatic rings. The van der Waals surface area contributed by atoms with Crippen molar-refractivity contribution in [3.8, 4) is 0 Å². The lowest BCUT2D eigenvalue weighted by Gasteiger charge is -2.37. The first-order valence-corrected chi connectivity index (χ1v) is 10.2. The predicted molar refractivity (Wildman–Crippen MR) is 110 cm³/mol. The molecule has 0 nitrogen and oxygen atoms in total. The first-order valence-electron chi connectivity index (χ1n) is 10.2. The SMILES string of the molecule is C=C(C)CCCCCCc1ccc2c(c1)CC(=C)C1CCC(C)=CC21. The van der Waals surface area contributed by atoms with Crippen LogP contribution in [0.3, 0.4) is 0 Å². The van der Waals surface area contributed by atoms with E-state index < -0.39 is 0 Å². The third-order valence-corrected chi connectivity index (χ3v) is 6.07. The fourth-order valence-electron chi connectivity index (χ4n) is 4.61. The van der Waals surface area contributed by atoms with Crippen molar-refractivity contribution in [2.45, 2.75) is 77.6 Å². The van der Waals surface area contributed by atoms with E-state index in [9.17, 15) is 0 Å². The van der Waals surface area contributed by atoms with Crippen molar-refractivity contribution in [3.63, 3.8) is 0 Å². The molecule has 2 aliphatic rings. The molecule has 0 fully saturated rings. The Morgan fingerprint density at radius 1 is 1.16 bits per heavy atom. The van der Waals surface area contributed by atoms with Gasteiger partial charge in [0, 0.05) is 5.92 Å². The van der Waals surface area contributed by atoms with Crippen molar-refractivity contribution in [2.24, 2.45) is 5.92 Å². The zero-order chi connectivity index (χ0) is 17.8. The molecule has 0 spiro atoms. The topological polar surface area (TPSA) is 0 Å². The van der Waals surface area contributed by atoms with Gasteiger partial charge in [-0.1, -0.05) is 60.4 Å². The zero-order valence-corrected chi connectivity index (χ0v) is 16.2. The molecule has 3 rings (SSSR count). The Bertz CT molecular complexity index is 673. The summed E-state index contributed by atoms with van der Waals surface area (Å²) in [5.74, 6) is 1.26. The molecule has 0 radical (unpaired) electrons. The van der Waals surface area contributed by atoms with Gasteiger partial charge in [0.15, 0.2) is 0 Å². The highest BCUT2D eigenvalue weighted by atomic mass is 14.4. The van der Waals surface area contributed by atoms with Crippen molar-refractivity contribution in [1.82, 2.24) is 0 Å². The smallest absolute Gasteiger partial charge is 0.00890 e. The van der Waals surface area contributed by atoms with Crippen molar-refractivity contribution < 1.29 is 0 Å². The first kappa shape index (κ1) is 18.2. The molecule has 2 atom stereocenters. The molecular formula is C25H34. The number of benzene rings is 1. The third-order valence-electron chi connectivity index (χ3n) is 6.07. The van der Waals surface area contributed by atoms with Crippen LogP contribution in [0.5, 0.6) is 0 Å². The van der Waals surface area contributed by atoms with Crippen LogP contribution in [-0.4, -0.2) is 0 Å². The number of hydrogen-bond acceptors (Lipinski definition) is 0. The van der Waals surface area contributed by atoms with Crippen molar-refractivity contribution in [3.05, 3.63) is 70.8 Å². The predicted octanol–water partition coefficient (Wildman–Crippen LogP) is 7.31. The van der Waals surface area contributed by atoms with Gasteiger partial charge in [-0.2, -0.15) is 0 Å². The lowest BCUT2D eigenvalue weighted by atomic mass is 9.67. The van der Waals surface area contributed by atoms with Crippen LogP contribution in [0.1, 0.15) is 81.4 Å². The number of hydrogen-bond donors (Lipinski definition) is 0. The summed E-state index contributed by atoms with van der Waals surface area (Å²) in [6, 6.07) is 7.28. The van der Waals surface area contributed by atoms with Gasteiger partial charge in [-0.05, 0) is 81.4 Å². The molecule has 0 saturated carbocycles. The Morgan fingerprint density at radius 3 is 2.76 bits per heavy atom. The molecule has 25 heavy (non-hydrogen) atoms. The maximum atomic E-state index is 4.43. The molecule has 0 amide bonds. The van der Waals surface area contributed by atoms with Crippen LogP contribution < -0.4 is 0 Å². The standard InChI is InChI=1S/C25H34/c1-18(2)9-7-5-6-8-10-21-12-14-24-22(17-21)16-20(4)23-13-11-19(3)15-25(23)24/h12,14-15,17,23,25H,1,4-11,13,16H2,2-3H3. The Kier molecular flexibility index (Phi) is 5.99. The molecule has 0 aliphatic heterocycles. The first-order chi connectivity index (χ1) is 12.0. The summed E-state index contributed by atoms with van der Waals surface area (Å²) in [6.45, 7) is 12.8. The van der Waals surface area contributed by atoms with Crippen molar-refractivity contribution >= 4 is 0 Å². The molecule has 2 aliphatic carbocycles. The highest BCUT2D eigenvalue weighted by molar-refractivity contribution is 5.45. The van der Waals surface area contributed by atoms with E-state index in [1.54, 1.807) is 11.1 Å². The van der Waals surface area contributed by atoms with Gasteiger partial charge in [0.05, 0.1) is 0 Å². The largest absolute Gasteiger partial charge is 0.100 e. The molecule has 0 N–H and O–H groups in total. The zero-order valence-electron chi connectivity index (χ0n) is 16.2. The minimum atomic E-state index is 0.584. The molecule has 0 heterocycles. The number of rotatable bonds is 7. The monoisotopic (exact) mass is 334 g/mol. The van der Waals surface area contributed by atoms with Gasteiger partial charge in [0.2, 0.25) is 0 Å². The van der Waals surface area contributed by atoms with E-state index in [1.807, 2.05) is 0 Å². The maximum absolute atomic E-state index is 4.43. The molecule has 134 valence electrons. The minimum Gasteiger partial charge on any atom is -0.100 e. The van der Waals surface area contributed by atoms with E-state index >= 15 is 0 Å². The van der Waals surface area contributed by atoms with E-state index in [0.29, 0.717) is 11.8 Å². The molecule has 2 unspecified atom stereocenters. The quantitative estimate of drug-likeness (QED) is 0.362. The van der Waals surface area contributed by atoms with Crippen LogP contribution in [0.4, 0.5) is 0 Å². The Balaban J connectivity index is 1.61. The lowest BCUT2D eigenvalue weighted by Crippen LogP contribution is -2.24. The summed E-state index contributed by atoms with van der Waals surface area (Å²) in [4.78, 5) is 0. The fraction of sp³-hybridized carbons (Fsp3) is 0.520. The molecule has 0 heteroatoms. The van der Waals surface area contributed by atoms with Crippen molar-refractivity contribution in [1.29, 1.82) is 0 Å². The summed E-state index contributed by atoms with van der Waals surface area (Å²) < 4.78 is 0. The second-order valence-electron chi connectivity index (χ2n) is 8.42. The van der Waals surface area contributed by atoms with Gasteiger partial charge >= 0.3 is 0 Å². The van der Waals surface area contributed by atoms with Crippen LogP contribution in [0.25, 0.3) is 0 Å². The van der Waals surface area contributed by atoms with E-state index in [1.165, 1.54) is 73.6 Å². The Labute approximate surface area is 154 Å². The number of fused-ring (bicyclic) bond motifs is 3. The van der Waals surface area contributed by atoms with Gasteiger partial charge < -0.3 is 0 Å². The molecule has 0 bridgehead atoms. The van der Waals surface area contributed by atoms with Gasteiger partial charge in [0.25, 0.3) is 0 Å². The highest BCUT2D eigenvalue weighted by Crippen LogP contribution is 2.45. The van der Waals surface area contributed by atoms with E-state index in [2.05, 4.69) is 51.3 Å². The summed E-state index contributed by atoms with van der Waals surface area (Å²) in [5.41, 5.74) is 8.96. The minimum absolute atomic E-state index is 0.584. The second kappa shape index (κ2) is 8.21. The van der Waals surface area contributed by atoms with Crippen LogP contribution in [0.15, 0.2) is 54.2 Å². The third kappa shape index (κ3) is 4.54. The maximum Gasteiger partial charge on any atom is 0.00890 e. The van der Waals surface area contributed by atoms with Crippen LogP contribution in [0, 0.1) is 5.92 Å². The van der Waals surface area contributed by atoms with Crippen LogP contribution in [0.2, 0.25) is 0 Å². The molecule has 1 aromatic carbocycles. The normalized spacial score (nSPS) is 22.2.